The molecule has 4 rings (SSSR count). The standard InChI is InChI=1S/C22H23FN4O3/c1-15-3-4-17(11-18(15)23)21(29)27-10-2-7-22(14-27)12-19(26-30-22)20(28)25-13-16-5-8-24-9-6-16/h3-6,8-9,11H,2,7,10,12-14H2,1H3,(H,25,28)/t22-/m1/s1. The van der Waals surface area contributed by atoms with Crippen LogP contribution in [0.3, 0.4) is 0 Å². The van der Waals surface area contributed by atoms with Gasteiger partial charge in [-0.25, -0.2) is 4.39 Å². The fourth-order valence-corrected chi connectivity index (χ4v) is 3.83. The van der Waals surface area contributed by atoms with Crippen molar-refractivity contribution in [3.63, 3.8) is 0 Å². The van der Waals surface area contributed by atoms with Gasteiger partial charge in [0.1, 0.15) is 11.5 Å². The van der Waals surface area contributed by atoms with Gasteiger partial charge in [0, 0.05) is 37.5 Å². The normalized spacial score (nSPS) is 20.6. The summed E-state index contributed by atoms with van der Waals surface area (Å²) >= 11 is 0. The molecule has 8 heteroatoms. The number of hydrogen-bond donors (Lipinski definition) is 1. The van der Waals surface area contributed by atoms with Crippen molar-refractivity contribution in [2.75, 3.05) is 13.1 Å². The number of halogens is 1. The van der Waals surface area contributed by atoms with Gasteiger partial charge in [0.15, 0.2) is 5.60 Å². The number of benzene rings is 1. The number of amides is 2. The molecule has 0 unspecified atom stereocenters. The Balaban J connectivity index is 1.38. The molecule has 1 aromatic heterocycles. The number of pyridine rings is 1. The van der Waals surface area contributed by atoms with E-state index in [9.17, 15) is 14.0 Å². The lowest BCUT2D eigenvalue weighted by molar-refractivity contribution is -0.115. The van der Waals surface area contributed by atoms with Gasteiger partial charge in [0.05, 0.1) is 6.54 Å². The highest BCUT2D eigenvalue weighted by atomic mass is 19.1. The molecule has 2 aliphatic rings. The van der Waals surface area contributed by atoms with Crippen LogP contribution in [0.25, 0.3) is 0 Å². The number of nitrogens with one attached hydrogen (secondary N) is 1. The van der Waals surface area contributed by atoms with E-state index in [2.05, 4.69) is 15.5 Å². The number of likely N-dealkylation sites (tertiary alicyclic amines) is 1. The fraction of sp³-hybridized carbons (Fsp3) is 0.364. The van der Waals surface area contributed by atoms with Crippen LogP contribution in [0.4, 0.5) is 4.39 Å². The summed E-state index contributed by atoms with van der Waals surface area (Å²) < 4.78 is 13.9. The molecule has 2 aromatic rings. The van der Waals surface area contributed by atoms with Gasteiger partial charge in [0.2, 0.25) is 0 Å². The molecule has 0 aliphatic carbocycles. The van der Waals surface area contributed by atoms with Gasteiger partial charge in [-0.2, -0.15) is 0 Å². The molecule has 2 amide bonds. The molecule has 0 bridgehead atoms. The van der Waals surface area contributed by atoms with Gasteiger partial charge < -0.3 is 15.1 Å². The molecule has 1 atom stereocenters. The molecule has 1 fully saturated rings. The third-order valence-electron chi connectivity index (χ3n) is 5.55. The van der Waals surface area contributed by atoms with Crippen LogP contribution in [0.15, 0.2) is 47.9 Å². The average Bonchev–Trinajstić information content (AvgIpc) is 3.17. The van der Waals surface area contributed by atoms with Crippen LogP contribution in [0.2, 0.25) is 0 Å². The third kappa shape index (κ3) is 4.17. The quantitative estimate of drug-likeness (QED) is 0.840. The molecule has 1 aromatic carbocycles. The lowest BCUT2D eigenvalue weighted by Crippen LogP contribution is -2.51. The zero-order valence-corrected chi connectivity index (χ0v) is 16.7. The first-order valence-electron chi connectivity index (χ1n) is 9.93. The Bertz CT molecular complexity index is 995. The van der Waals surface area contributed by atoms with Crippen molar-refractivity contribution in [3.05, 3.63) is 65.2 Å². The highest BCUT2D eigenvalue weighted by molar-refractivity contribution is 6.39. The minimum absolute atomic E-state index is 0.243. The summed E-state index contributed by atoms with van der Waals surface area (Å²) in [6, 6.07) is 8.15. The van der Waals surface area contributed by atoms with Crippen LogP contribution in [0.5, 0.6) is 0 Å². The molecule has 2 aliphatic heterocycles. The van der Waals surface area contributed by atoms with Gasteiger partial charge in [0.25, 0.3) is 11.8 Å². The maximum Gasteiger partial charge on any atom is 0.269 e. The van der Waals surface area contributed by atoms with Crippen molar-refractivity contribution < 1.29 is 18.8 Å². The van der Waals surface area contributed by atoms with E-state index in [1.165, 1.54) is 6.07 Å². The average molecular weight is 410 g/mol. The summed E-state index contributed by atoms with van der Waals surface area (Å²) in [5, 5.41) is 6.85. The molecule has 1 N–H and O–H groups in total. The van der Waals surface area contributed by atoms with E-state index in [1.807, 2.05) is 12.1 Å². The van der Waals surface area contributed by atoms with E-state index in [1.54, 1.807) is 36.4 Å². The zero-order valence-electron chi connectivity index (χ0n) is 16.7. The number of aromatic nitrogens is 1. The van der Waals surface area contributed by atoms with Crippen LogP contribution >= 0.6 is 0 Å². The van der Waals surface area contributed by atoms with E-state index in [0.717, 1.165) is 12.0 Å². The van der Waals surface area contributed by atoms with Crippen molar-refractivity contribution >= 4 is 17.5 Å². The number of piperidine rings is 1. The van der Waals surface area contributed by atoms with Crippen molar-refractivity contribution in [2.24, 2.45) is 5.16 Å². The molecule has 30 heavy (non-hydrogen) atoms. The maximum absolute atomic E-state index is 13.9. The van der Waals surface area contributed by atoms with Gasteiger partial charge in [-0.1, -0.05) is 11.2 Å². The molecule has 156 valence electrons. The topological polar surface area (TPSA) is 83.9 Å². The van der Waals surface area contributed by atoms with Crippen molar-refractivity contribution in [1.82, 2.24) is 15.2 Å². The molecule has 3 heterocycles. The Morgan fingerprint density at radius 3 is 2.83 bits per heavy atom. The van der Waals surface area contributed by atoms with Crippen LogP contribution in [0, 0.1) is 12.7 Å². The maximum atomic E-state index is 13.9. The Morgan fingerprint density at radius 1 is 1.27 bits per heavy atom. The predicted octanol–water partition coefficient (Wildman–Crippen LogP) is 2.60. The number of aryl methyl sites for hydroxylation is 1. The summed E-state index contributed by atoms with van der Waals surface area (Å²) in [6.07, 6.45) is 5.09. The van der Waals surface area contributed by atoms with E-state index in [-0.39, 0.29) is 11.8 Å². The SMILES string of the molecule is Cc1ccc(C(=O)N2CCC[C@@]3(CC(C(=O)NCc4ccncc4)=NO3)C2)cc1F. The summed E-state index contributed by atoms with van der Waals surface area (Å²) in [4.78, 5) is 36.6. The highest BCUT2D eigenvalue weighted by Crippen LogP contribution is 2.34. The second kappa shape index (κ2) is 8.22. The van der Waals surface area contributed by atoms with Crippen molar-refractivity contribution in [3.8, 4) is 0 Å². The monoisotopic (exact) mass is 410 g/mol. The first-order chi connectivity index (χ1) is 14.5. The number of rotatable bonds is 4. The number of carbonyl (C=O) groups is 2. The van der Waals surface area contributed by atoms with Crippen LogP contribution in [-0.4, -0.2) is 46.1 Å². The second-order valence-electron chi connectivity index (χ2n) is 7.82. The minimum atomic E-state index is -0.708. The van der Waals surface area contributed by atoms with Gasteiger partial charge in [-0.05, 0) is 55.2 Å². The molecule has 0 saturated carbocycles. The molecule has 1 saturated heterocycles. The van der Waals surface area contributed by atoms with Crippen LogP contribution < -0.4 is 5.32 Å². The molecular formula is C22H23FN4O3. The Labute approximate surface area is 173 Å². The Morgan fingerprint density at radius 2 is 2.07 bits per heavy atom. The van der Waals surface area contributed by atoms with Crippen molar-refractivity contribution in [2.45, 2.75) is 38.3 Å². The summed E-state index contributed by atoms with van der Waals surface area (Å²) in [6.45, 7) is 2.90. The zero-order chi connectivity index (χ0) is 21.1. The van der Waals surface area contributed by atoms with Crippen LogP contribution in [0.1, 0.15) is 40.7 Å². The van der Waals surface area contributed by atoms with Crippen molar-refractivity contribution in [1.29, 1.82) is 0 Å². The summed E-state index contributed by atoms with van der Waals surface area (Å²) in [5.41, 5.74) is 1.36. The Hall–Kier alpha value is -3.29. The predicted molar refractivity (Wildman–Crippen MR) is 108 cm³/mol. The van der Waals surface area contributed by atoms with E-state index >= 15 is 0 Å². The number of hydrogen-bond acceptors (Lipinski definition) is 5. The lowest BCUT2D eigenvalue weighted by atomic mass is 9.87. The number of carbonyl (C=O) groups excluding carboxylic acids is 2. The second-order valence-corrected chi connectivity index (χ2v) is 7.82. The third-order valence-corrected chi connectivity index (χ3v) is 5.55. The molecule has 0 radical (unpaired) electrons. The number of oxime groups is 1. The first-order valence-corrected chi connectivity index (χ1v) is 9.93. The number of nitrogens with zero attached hydrogens (tertiary/aromatic N) is 3. The smallest absolute Gasteiger partial charge is 0.269 e. The molecular weight excluding hydrogens is 387 g/mol. The summed E-state index contributed by atoms with van der Waals surface area (Å²) in [5.74, 6) is -0.930. The largest absolute Gasteiger partial charge is 0.386 e. The fourth-order valence-electron chi connectivity index (χ4n) is 3.83. The minimum Gasteiger partial charge on any atom is -0.386 e. The molecule has 1 spiro atoms. The first kappa shape index (κ1) is 20.0. The molecule has 7 nitrogen and oxygen atoms in total. The lowest BCUT2D eigenvalue weighted by Gasteiger charge is -2.38. The van der Waals surface area contributed by atoms with Gasteiger partial charge >= 0.3 is 0 Å². The Kier molecular flexibility index (Phi) is 5.48. The van der Waals surface area contributed by atoms with Gasteiger partial charge in [-0.15, -0.1) is 0 Å². The highest BCUT2D eigenvalue weighted by Gasteiger charge is 2.45. The van der Waals surface area contributed by atoms with Crippen LogP contribution in [-0.2, 0) is 16.2 Å². The van der Waals surface area contributed by atoms with E-state index < -0.39 is 11.4 Å². The summed E-state index contributed by atoms with van der Waals surface area (Å²) in [7, 11) is 0. The van der Waals surface area contributed by atoms with E-state index in [4.69, 9.17) is 4.84 Å². The van der Waals surface area contributed by atoms with Gasteiger partial charge in [-0.3, -0.25) is 14.6 Å². The van der Waals surface area contributed by atoms with E-state index in [0.29, 0.717) is 49.3 Å².